The van der Waals surface area contributed by atoms with Gasteiger partial charge < -0.3 is 0 Å². The highest BCUT2D eigenvalue weighted by molar-refractivity contribution is 9.10. The Balaban J connectivity index is 2.17. The highest BCUT2D eigenvalue weighted by Gasteiger charge is 2.16. The molecule has 3 rings (SSSR count). The lowest BCUT2D eigenvalue weighted by molar-refractivity contribution is 0.104. The molecule has 1 aromatic carbocycles. The summed E-state index contributed by atoms with van der Waals surface area (Å²) in [6.07, 6.45) is 0. The van der Waals surface area contributed by atoms with Crippen molar-refractivity contribution in [1.29, 1.82) is 0 Å². The van der Waals surface area contributed by atoms with Gasteiger partial charge in [0.25, 0.3) is 0 Å². The number of carbonyl (C=O) groups excluding carboxylic acids is 1. The molecule has 0 unspecified atom stereocenters. The Kier molecular flexibility index (Phi) is 2.86. The lowest BCUT2D eigenvalue weighted by atomic mass is 10.1. The van der Waals surface area contributed by atoms with Crippen LogP contribution in [0.1, 0.15) is 15.9 Å². The van der Waals surface area contributed by atoms with E-state index in [9.17, 15) is 4.79 Å². The van der Waals surface area contributed by atoms with Crippen molar-refractivity contribution in [3.05, 3.63) is 56.0 Å². The molecule has 1 nitrogen and oxygen atoms in total. The van der Waals surface area contributed by atoms with Crippen LogP contribution in [0.15, 0.2) is 44.9 Å². The minimum Gasteiger partial charge on any atom is -0.288 e. The van der Waals surface area contributed by atoms with Gasteiger partial charge in [0.05, 0.1) is 0 Å². The average Bonchev–Trinajstić information content (AvgIpc) is 2.94. The van der Waals surface area contributed by atoms with Gasteiger partial charge in [-0.15, -0.1) is 11.3 Å². The third-order valence-corrected chi connectivity index (χ3v) is 5.25. The van der Waals surface area contributed by atoms with E-state index in [0.717, 1.165) is 25.7 Å². The molecule has 4 heteroatoms. The molecule has 0 amide bonds. The standard InChI is InChI=1S/C13H7BrOS2/c14-11-7-16-5-10(11)13(15)9-6-17-12-4-2-1-3-8(9)12/h1-7H. The normalized spacial score (nSPS) is 10.9. The van der Waals surface area contributed by atoms with Gasteiger partial charge in [-0.2, -0.15) is 11.3 Å². The third-order valence-electron chi connectivity index (χ3n) is 2.58. The largest absolute Gasteiger partial charge is 0.288 e. The van der Waals surface area contributed by atoms with E-state index in [4.69, 9.17) is 0 Å². The molecule has 3 aromatic rings. The Morgan fingerprint density at radius 3 is 2.65 bits per heavy atom. The van der Waals surface area contributed by atoms with Crippen molar-refractivity contribution in [3.8, 4) is 0 Å². The fraction of sp³-hybridized carbons (Fsp3) is 0. The summed E-state index contributed by atoms with van der Waals surface area (Å²) in [5.74, 6) is 0.0931. The minimum absolute atomic E-state index is 0.0931. The molecular formula is C13H7BrOS2. The lowest BCUT2D eigenvalue weighted by Crippen LogP contribution is -1.98. The maximum absolute atomic E-state index is 12.4. The number of rotatable bonds is 2. The summed E-state index contributed by atoms with van der Waals surface area (Å²) in [7, 11) is 0. The topological polar surface area (TPSA) is 17.1 Å². The predicted octanol–water partition coefficient (Wildman–Crippen LogP) is 4.96. The Labute approximate surface area is 115 Å². The molecule has 0 saturated heterocycles. The van der Waals surface area contributed by atoms with E-state index >= 15 is 0 Å². The first kappa shape index (κ1) is 11.1. The number of carbonyl (C=O) groups is 1. The molecule has 0 bridgehead atoms. The molecule has 0 spiro atoms. The first-order chi connectivity index (χ1) is 8.27. The molecule has 2 heterocycles. The number of hydrogen-bond acceptors (Lipinski definition) is 3. The van der Waals surface area contributed by atoms with Crippen molar-refractivity contribution >= 4 is 54.5 Å². The van der Waals surface area contributed by atoms with Crippen molar-refractivity contribution < 1.29 is 4.79 Å². The first-order valence-corrected chi connectivity index (χ1v) is 7.61. The molecule has 2 aromatic heterocycles. The van der Waals surface area contributed by atoms with Gasteiger partial charge in [-0.05, 0) is 22.0 Å². The molecule has 0 radical (unpaired) electrons. The monoisotopic (exact) mass is 322 g/mol. The number of benzene rings is 1. The van der Waals surface area contributed by atoms with Crippen molar-refractivity contribution in [2.24, 2.45) is 0 Å². The van der Waals surface area contributed by atoms with E-state index in [0.29, 0.717) is 0 Å². The number of hydrogen-bond donors (Lipinski definition) is 0. The zero-order valence-corrected chi connectivity index (χ0v) is 11.9. The molecule has 84 valence electrons. The average molecular weight is 323 g/mol. The third kappa shape index (κ3) is 1.86. The molecule has 0 fully saturated rings. The zero-order valence-electron chi connectivity index (χ0n) is 8.64. The van der Waals surface area contributed by atoms with Gasteiger partial charge in [0.2, 0.25) is 0 Å². The summed E-state index contributed by atoms with van der Waals surface area (Å²) in [5, 5.41) is 6.80. The SMILES string of the molecule is O=C(c1cscc1Br)c1csc2ccccc12. The lowest BCUT2D eigenvalue weighted by Gasteiger charge is -1.97. The molecule has 0 atom stereocenters. The maximum Gasteiger partial charge on any atom is 0.196 e. The number of ketones is 1. The van der Waals surface area contributed by atoms with Crippen LogP contribution in [-0.2, 0) is 0 Å². The van der Waals surface area contributed by atoms with E-state index in [2.05, 4.69) is 15.9 Å². The van der Waals surface area contributed by atoms with Gasteiger partial charge >= 0.3 is 0 Å². The van der Waals surface area contributed by atoms with Gasteiger partial charge in [-0.25, -0.2) is 0 Å². The van der Waals surface area contributed by atoms with E-state index in [1.54, 1.807) is 11.3 Å². The van der Waals surface area contributed by atoms with Crippen LogP contribution in [0.3, 0.4) is 0 Å². The molecule has 0 aliphatic carbocycles. The second kappa shape index (κ2) is 4.37. The molecule has 0 saturated carbocycles. The summed E-state index contributed by atoms with van der Waals surface area (Å²) < 4.78 is 2.03. The van der Waals surface area contributed by atoms with Crippen LogP contribution < -0.4 is 0 Å². The van der Waals surface area contributed by atoms with E-state index in [1.807, 2.05) is 40.4 Å². The van der Waals surface area contributed by atoms with Gasteiger partial charge in [0.1, 0.15) is 0 Å². The maximum atomic E-state index is 12.4. The van der Waals surface area contributed by atoms with Crippen LogP contribution in [0.4, 0.5) is 0 Å². The number of fused-ring (bicyclic) bond motifs is 1. The van der Waals surface area contributed by atoms with E-state index in [1.165, 1.54) is 11.3 Å². The van der Waals surface area contributed by atoms with Crippen LogP contribution in [0.2, 0.25) is 0 Å². The quantitative estimate of drug-likeness (QED) is 0.610. The predicted molar refractivity (Wildman–Crippen MR) is 77.3 cm³/mol. The second-order valence-corrected chi connectivity index (χ2v) is 6.12. The van der Waals surface area contributed by atoms with Crippen molar-refractivity contribution in [2.75, 3.05) is 0 Å². The fourth-order valence-corrected chi connectivity index (χ4v) is 4.14. The Morgan fingerprint density at radius 2 is 1.88 bits per heavy atom. The molecule has 0 aliphatic rings. The van der Waals surface area contributed by atoms with Crippen molar-refractivity contribution in [3.63, 3.8) is 0 Å². The Hall–Kier alpha value is -0.970. The molecule has 17 heavy (non-hydrogen) atoms. The van der Waals surface area contributed by atoms with Gasteiger partial charge in [-0.1, -0.05) is 18.2 Å². The summed E-state index contributed by atoms with van der Waals surface area (Å²) in [6, 6.07) is 8.00. The first-order valence-electron chi connectivity index (χ1n) is 5.00. The molecular weight excluding hydrogens is 316 g/mol. The highest BCUT2D eigenvalue weighted by atomic mass is 79.9. The summed E-state index contributed by atoms with van der Waals surface area (Å²) in [4.78, 5) is 12.4. The molecule has 0 aliphatic heterocycles. The van der Waals surface area contributed by atoms with Gasteiger partial charge in [0.15, 0.2) is 5.78 Å². The summed E-state index contributed by atoms with van der Waals surface area (Å²) >= 11 is 6.56. The van der Waals surface area contributed by atoms with E-state index < -0.39 is 0 Å². The van der Waals surface area contributed by atoms with Crippen molar-refractivity contribution in [2.45, 2.75) is 0 Å². The smallest absolute Gasteiger partial charge is 0.196 e. The van der Waals surface area contributed by atoms with E-state index in [-0.39, 0.29) is 5.78 Å². The van der Waals surface area contributed by atoms with Crippen LogP contribution >= 0.6 is 38.6 Å². The Bertz CT molecular complexity index is 696. The van der Waals surface area contributed by atoms with Crippen LogP contribution in [0, 0.1) is 0 Å². The minimum atomic E-state index is 0.0931. The van der Waals surface area contributed by atoms with Gasteiger partial charge in [0, 0.05) is 41.8 Å². The van der Waals surface area contributed by atoms with Crippen LogP contribution in [0.25, 0.3) is 10.1 Å². The fourth-order valence-electron chi connectivity index (χ4n) is 1.74. The zero-order chi connectivity index (χ0) is 11.8. The number of thiophene rings is 2. The van der Waals surface area contributed by atoms with Crippen LogP contribution in [-0.4, -0.2) is 5.78 Å². The summed E-state index contributed by atoms with van der Waals surface area (Å²) in [6.45, 7) is 0. The highest BCUT2D eigenvalue weighted by Crippen LogP contribution is 2.30. The van der Waals surface area contributed by atoms with Crippen LogP contribution in [0.5, 0.6) is 0 Å². The summed E-state index contributed by atoms with van der Waals surface area (Å²) in [5.41, 5.74) is 1.54. The van der Waals surface area contributed by atoms with Gasteiger partial charge in [-0.3, -0.25) is 4.79 Å². The second-order valence-electron chi connectivity index (χ2n) is 3.61. The Morgan fingerprint density at radius 1 is 1.06 bits per heavy atom. The number of halogens is 1. The van der Waals surface area contributed by atoms with Crippen molar-refractivity contribution in [1.82, 2.24) is 0 Å². The molecule has 0 N–H and O–H groups in total.